The summed E-state index contributed by atoms with van der Waals surface area (Å²) in [6.45, 7) is 0. The average Bonchev–Trinajstić information content (AvgIpc) is 2.96. The molecule has 19 heavy (non-hydrogen) atoms. The van der Waals surface area contributed by atoms with Crippen molar-refractivity contribution in [1.82, 2.24) is 0 Å². The summed E-state index contributed by atoms with van der Waals surface area (Å²) in [5, 5.41) is 1.95. The lowest BCUT2D eigenvalue weighted by molar-refractivity contribution is 0.439. The van der Waals surface area contributed by atoms with Crippen LogP contribution in [0.15, 0.2) is 29.6 Å². The normalized spacial score (nSPS) is 13.1. The summed E-state index contributed by atoms with van der Waals surface area (Å²) in [6.07, 6.45) is 0. The molecule has 3 aromatic rings. The van der Waals surface area contributed by atoms with E-state index in [1.807, 2.05) is 17.5 Å². The van der Waals surface area contributed by atoms with Gasteiger partial charge in [-0.2, -0.15) is 0 Å². The molecule has 0 amide bonds. The Morgan fingerprint density at radius 2 is 1.79 bits per heavy atom. The van der Waals surface area contributed by atoms with Gasteiger partial charge in [-0.25, -0.2) is 13.2 Å². The highest BCUT2D eigenvalue weighted by molar-refractivity contribution is 7.27. The fourth-order valence-electron chi connectivity index (χ4n) is 1.87. The van der Waals surface area contributed by atoms with Gasteiger partial charge in [0.25, 0.3) is 0 Å². The first-order valence-electron chi connectivity index (χ1n) is 5.44. The number of rotatable bonds is 2. The van der Waals surface area contributed by atoms with Gasteiger partial charge in [-0.05, 0) is 23.6 Å². The van der Waals surface area contributed by atoms with Crippen LogP contribution >= 0.6 is 22.7 Å². The first kappa shape index (κ1) is 12.7. The second-order valence-corrected chi connectivity index (χ2v) is 6.10. The Balaban J connectivity index is 2.06. The van der Waals surface area contributed by atoms with Gasteiger partial charge in [-0.1, -0.05) is 6.07 Å². The number of hydrogen-bond donors (Lipinski definition) is 1. The van der Waals surface area contributed by atoms with Gasteiger partial charge in [0.15, 0.2) is 17.5 Å². The molecule has 2 aromatic heterocycles. The molecule has 0 aliphatic heterocycles. The maximum Gasteiger partial charge on any atom is 0.194 e. The summed E-state index contributed by atoms with van der Waals surface area (Å²) < 4.78 is 41.9. The number of nitrogens with two attached hydrogens (primary N) is 1. The van der Waals surface area contributed by atoms with Gasteiger partial charge in [0.2, 0.25) is 0 Å². The van der Waals surface area contributed by atoms with Crippen LogP contribution in [-0.4, -0.2) is 0 Å². The molecule has 0 aliphatic rings. The topological polar surface area (TPSA) is 26.0 Å². The van der Waals surface area contributed by atoms with Gasteiger partial charge in [-0.15, -0.1) is 22.7 Å². The fraction of sp³-hybridized carbons (Fsp3) is 0.0769. The first-order valence-corrected chi connectivity index (χ1v) is 7.13. The molecule has 0 spiro atoms. The summed E-state index contributed by atoms with van der Waals surface area (Å²) in [5.41, 5.74) is 5.91. The van der Waals surface area contributed by atoms with E-state index in [4.69, 9.17) is 5.73 Å². The molecular weight excluding hydrogens is 291 g/mol. The van der Waals surface area contributed by atoms with E-state index >= 15 is 0 Å². The Morgan fingerprint density at radius 3 is 2.53 bits per heavy atom. The second kappa shape index (κ2) is 4.63. The zero-order valence-corrected chi connectivity index (χ0v) is 11.1. The molecule has 0 saturated heterocycles. The molecule has 6 heteroatoms. The Hall–Kier alpha value is -1.37. The van der Waals surface area contributed by atoms with E-state index in [2.05, 4.69) is 0 Å². The van der Waals surface area contributed by atoms with Crippen molar-refractivity contribution >= 4 is 32.1 Å². The molecule has 0 aliphatic carbocycles. The summed E-state index contributed by atoms with van der Waals surface area (Å²) in [4.78, 5) is 0.728. The lowest BCUT2D eigenvalue weighted by Gasteiger charge is -2.11. The number of halogens is 3. The van der Waals surface area contributed by atoms with Crippen LogP contribution in [0.5, 0.6) is 0 Å². The molecular formula is C13H8F3NS2. The SMILES string of the molecule is NC(c1cc2sccc2s1)c1ccc(F)c(F)c1F. The largest absolute Gasteiger partial charge is 0.320 e. The zero-order chi connectivity index (χ0) is 13.6. The predicted molar refractivity (Wildman–Crippen MR) is 72.0 cm³/mol. The van der Waals surface area contributed by atoms with E-state index in [0.717, 1.165) is 20.3 Å². The quantitative estimate of drug-likeness (QED) is 0.696. The van der Waals surface area contributed by atoms with Crippen molar-refractivity contribution in [3.05, 3.63) is 57.5 Å². The molecule has 1 aromatic carbocycles. The Kier molecular flexibility index (Phi) is 3.08. The third-order valence-corrected chi connectivity index (χ3v) is 5.04. The highest BCUT2D eigenvalue weighted by atomic mass is 32.1. The summed E-state index contributed by atoms with van der Waals surface area (Å²) >= 11 is 2.99. The smallest absolute Gasteiger partial charge is 0.194 e. The van der Waals surface area contributed by atoms with E-state index in [1.165, 1.54) is 17.4 Å². The van der Waals surface area contributed by atoms with Crippen LogP contribution in [0.1, 0.15) is 16.5 Å². The number of thiophene rings is 2. The molecule has 98 valence electrons. The van der Waals surface area contributed by atoms with Crippen LogP contribution in [0.3, 0.4) is 0 Å². The molecule has 2 N–H and O–H groups in total. The van der Waals surface area contributed by atoms with Crippen molar-refractivity contribution in [3.63, 3.8) is 0 Å². The van der Waals surface area contributed by atoms with Gasteiger partial charge in [0.05, 0.1) is 6.04 Å². The molecule has 3 rings (SSSR count). The predicted octanol–water partition coefficient (Wildman–Crippen LogP) is 4.43. The van der Waals surface area contributed by atoms with Crippen molar-refractivity contribution < 1.29 is 13.2 Å². The summed E-state index contributed by atoms with van der Waals surface area (Å²) in [6, 6.07) is 5.09. The zero-order valence-electron chi connectivity index (χ0n) is 9.49. The van der Waals surface area contributed by atoms with Crippen LogP contribution in [-0.2, 0) is 0 Å². The van der Waals surface area contributed by atoms with E-state index in [9.17, 15) is 13.2 Å². The van der Waals surface area contributed by atoms with Crippen LogP contribution in [0.2, 0.25) is 0 Å². The van der Waals surface area contributed by atoms with Gasteiger partial charge in [0.1, 0.15) is 0 Å². The average molecular weight is 299 g/mol. The Bertz CT molecular complexity index is 719. The number of hydrogen-bond acceptors (Lipinski definition) is 3. The molecule has 0 saturated carbocycles. The fourth-order valence-corrected chi connectivity index (χ4v) is 4.01. The van der Waals surface area contributed by atoms with E-state index < -0.39 is 23.5 Å². The maximum atomic E-state index is 13.7. The lowest BCUT2D eigenvalue weighted by atomic mass is 10.1. The molecule has 1 unspecified atom stereocenters. The van der Waals surface area contributed by atoms with Crippen LogP contribution < -0.4 is 5.73 Å². The Morgan fingerprint density at radius 1 is 1.00 bits per heavy atom. The highest BCUT2D eigenvalue weighted by Gasteiger charge is 2.21. The van der Waals surface area contributed by atoms with Crippen LogP contribution in [0.25, 0.3) is 9.40 Å². The summed E-state index contributed by atoms with van der Waals surface area (Å²) in [7, 11) is 0. The molecule has 1 atom stereocenters. The maximum absolute atomic E-state index is 13.7. The molecule has 0 radical (unpaired) electrons. The molecule has 0 bridgehead atoms. The minimum atomic E-state index is -1.48. The number of benzene rings is 1. The Labute approximate surface area is 115 Å². The van der Waals surface area contributed by atoms with Crippen molar-refractivity contribution in [3.8, 4) is 0 Å². The minimum absolute atomic E-state index is 0.0344. The second-order valence-electron chi connectivity index (χ2n) is 4.04. The van der Waals surface area contributed by atoms with Crippen molar-refractivity contribution in [1.29, 1.82) is 0 Å². The summed E-state index contributed by atoms with van der Waals surface area (Å²) in [5.74, 6) is -3.91. The molecule has 1 nitrogen and oxygen atoms in total. The molecule has 0 fully saturated rings. The van der Waals surface area contributed by atoms with Crippen molar-refractivity contribution in [2.24, 2.45) is 5.73 Å². The van der Waals surface area contributed by atoms with Gasteiger partial charge >= 0.3 is 0 Å². The third-order valence-electron chi connectivity index (χ3n) is 2.87. The van der Waals surface area contributed by atoms with Crippen LogP contribution in [0, 0.1) is 17.5 Å². The van der Waals surface area contributed by atoms with Gasteiger partial charge < -0.3 is 5.73 Å². The van der Waals surface area contributed by atoms with E-state index in [0.29, 0.717) is 0 Å². The number of fused-ring (bicyclic) bond motifs is 1. The van der Waals surface area contributed by atoms with Crippen LogP contribution in [0.4, 0.5) is 13.2 Å². The van der Waals surface area contributed by atoms with Crippen molar-refractivity contribution in [2.45, 2.75) is 6.04 Å². The highest BCUT2D eigenvalue weighted by Crippen LogP contribution is 2.35. The van der Waals surface area contributed by atoms with Gasteiger partial charge in [0, 0.05) is 19.8 Å². The minimum Gasteiger partial charge on any atom is -0.320 e. The van der Waals surface area contributed by atoms with Crippen molar-refractivity contribution in [2.75, 3.05) is 0 Å². The third kappa shape index (κ3) is 2.05. The van der Waals surface area contributed by atoms with E-state index in [1.54, 1.807) is 11.3 Å². The first-order chi connectivity index (χ1) is 9.08. The standard InChI is InChI=1S/C13H8F3NS2/c14-7-2-1-6(11(15)12(7)16)13(17)10-5-9-8(19-10)3-4-18-9/h1-5,13H,17H2. The molecule has 2 heterocycles. The van der Waals surface area contributed by atoms with Gasteiger partial charge in [-0.3, -0.25) is 0 Å². The lowest BCUT2D eigenvalue weighted by Crippen LogP contribution is -2.13. The van der Waals surface area contributed by atoms with E-state index in [-0.39, 0.29) is 5.56 Å². The monoisotopic (exact) mass is 299 g/mol.